The van der Waals surface area contributed by atoms with Crippen LogP contribution in [0, 0.1) is 5.82 Å². The van der Waals surface area contributed by atoms with Gasteiger partial charge in [0.2, 0.25) is 0 Å². The van der Waals surface area contributed by atoms with E-state index in [1.807, 2.05) is 24.3 Å². The van der Waals surface area contributed by atoms with Gasteiger partial charge in [-0.2, -0.15) is 5.10 Å². The third-order valence-electron chi connectivity index (χ3n) is 6.14. The Morgan fingerprint density at radius 1 is 1.24 bits per heavy atom. The number of aromatic nitrogens is 3. The second kappa shape index (κ2) is 9.51. The predicted octanol–water partition coefficient (Wildman–Crippen LogP) is 4.82. The van der Waals surface area contributed by atoms with Crippen molar-refractivity contribution in [3.8, 4) is 17.0 Å². The maximum absolute atomic E-state index is 14.1. The van der Waals surface area contributed by atoms with Crippen LogP contribution in [0.15, 0.2) is 65.2 Å². The molecule has 174 valence electrons. The molecule has 4 aromatic rings. The molecule has 1 atom stereocenters. The summed E-state index contributed by atoms with van der Waals surface area (Å²) in [7, 11) is 1.65. The van der Waals surface area contributed by atoms with Crippen molar-refractivity contribution in [1.82, 2.24) is 20.1 Å². The third kappa shape index (κ3) is 4.44. The highest BCUT2D eigenvalue weighted by atomic mass is 19.1. The van der Waals surface area contributed by atoms with Crippen LogP contribution in [0.25, 0.3) is 11.3 Å². The molecule has 2 aromatic heterocycles. The van der Waals surface area contributed by atoms with E-state index in [9.17, 15) is 9.18 Å². The molecule has 8 heteroatoms. The first-order valence-electron chi connectivity index (χ1n) is 11.3. The molecule has 1 amide bonds. The van der Waals surface area contributed by atoms with Crippen LogP contribution in [0.4, 0.5) is 4.39 Å². The van der Waals surface area contributed by atoms with Crippen molar-refractivity contribution in [2.45, 2.75) is 25.2 Å². The second-order valence-electron chi connectivity index (χ2n) is 8.39. The fourth-order valence-electron chi connectivity index (χ4n) is 4.40. The Bertz CT molecular complexity index is 1300. The number of aromatic amines is 1. The molecule has 2 aromatic carbocycles. The van der Waals surface area contributed by atoms with Crippen LogP contribution in [-0.2, 0) is 6.42 Å². The van der Waals surface area contributed by atoms with Gasteiger partial charge in [-0.15, -0.1) is 0 Å². The molecule has 1 fully saturated rings. The van der Waals surface area contributed by atoms with Crippen LogP contribution < -0.4 is 4.74 Å². The van der Waals surface area contributed by atoms with E-state index in [0.717, 1.165) is 29.9 Å². The Labute approximate surface area is 196 Å². The number of oxazole rings is 1. The predicted molar refractivity (Wildman–Crippen MR) is 124 cm³/mol. The maximum atomic E-state index is 14.1. The van der Waals surface area contributed by atoms with Gasteiger partial charge in [0.15, 0.2) is 5.89 Å². The number of ether oxygens (including phenoxy) is 1. The Hall–Kier alpha value is -3.94. The number of nitrogens with one attached hydrogen (secondary N) is 1. The Morgan fingerprint density at radius 2 is 2.06 bits per heavy atom. The van der Waals surface area contributed by atoms with Gasteiger partial charge in [-0.25, -0.2) is 9.37 Å². The lowest BCUT2D eigenvalue weighted by Crippen LogP contribution is -2.39. The second-order valence-corrected chi connectivity index (χ2v) is 8.39. The number of rotatable bonds is 6. The molecule has 1 aliphatic rings. The van der Waals surface area contributed by atoms with Gasteiger partial charge in [0, 0.05) is 30.6 Å². The minimum absolute atomic E-state index is 0.0121. The lowest BCUT2D eigenvalue weighted by atomic mass is 9.97. The summed E-state index contributed by atoms with van der Waals surface area (Å²) in [5, 5.41) is 6.91. The minimum atomic E-state index is -0.376. The smallest absolute Gasteiger partial charge is 0.271 e. The van der Waals surface area contributed by atoms with Gasteiger partial charge in [0.1, 0.15) is 23.0 Å². The van der Waals surface area contributed by atoms with Crippen molar-refractivity contribution < 1.29 is 18.3 Å². The van der Waals surface area contributed by atoms with Crippen molar-refractivity contribution in [3.63, 3.8) is 0 Å². The molecule has 1 aliphatic heterocycles. The molecule has 5 rings (SSSR count). The molecular formula is C26H25FN4O3. The summed E-state index contributed by atoms with van der Waals surface area (Å²) in [5.74, 6) is 1.67. The average molecular weight is 461 g/mol. The quantitative estimate of drug-likeness (QED) is 0.446. The topological polar surface area (TPSA) is 84.2 Å². The summed E-state index contributed by atoms with van der Waals surface area (Å²) in [6.07, 6.45) is 4.06. The fraction of sp³-hybridized carbons (Fsp3) is 0.269. The third-order valence-corrected chi connectivity index (χ3v) is 6.14. The summed E-state index contributed by atoms with van der Waals surface area (Å²) < 4.78 is 25.6. The highest BCUT2D eigenvalue weighted by Gasteiger charge is 2.29. The summed E-state index contributed by atoms with van der Waals surface area (Å²) in [6.45, 7) is 1.14. The number of carbonyl (C=O) groups excluding carboxylic acids is 1. The summed E-state index contributed by atoms with van der Waals surface area (Å²) in [5.41, 5.74) is 2.13. The van der Waals surface area contributed by atoms with E-state index in [-0.39, 0.29) is 17.6 Å². The molecule has 1 saturated heterocycles. The summed E-state index contributed by atoms with van der Waals surface area (Å²) >= 11 is 0. The molecule has 7 nitrogen and oxygen atoms in total. The number of hydrogen-bond acceptors (Lipinski definition) is 5. The van der Waals surface area contributed by atoms with Crippen LogP contribution in [0.3, 0.4) is 0 Å². The first kappa shape index (κ1) is 21.9. The van der Waals surface area contributed by atoms with E-state index in [4.69, 9.17) is 9.15 Å². The van der Waals surface area contributed by atoms with Gasteiger partial charge in [0.05, 0.1) is 24.9 Å². The van der Waals surface area contributed by atoms with Crippen molar-refractivity contribution in [1.29, 1.82) is 0 Å². The number of nitrogens with zero attached hydrogens (tertiary/aromatic N) is 3. The number of amides is 1. The van der Waals surface area contributed by atoms with E-state index in [1.165, 1.54) is 6.07 Å². The Kier molecular flexibility index (Phi) is 6.12. The molecule has 0 aliphatic carbocycles. The van der Waals surface area contributed by atoms with Gasteiger partial charge < -0.3 is 14.1 Å². The molecular weight excluding hydrogens is 435 g/mol. The fourth-order valence-corrected chi connectivity index (χ4v) is 4.40. The molecule has 34 heavy (non-hydrogen) atoms. The van der Waals surface area contributed by atoms with Crippen molar-refractivity contribution in [2.75, 3.05) is 20.2 Å². The van der Waals surface area contributed by atoms with E-state index in [0.29, 0.717) is 42.4 Å². The van der Waals surface area contributed by atoms with Crippen molar-refractivity contribution >= 4 is 5.91 Å². The number of piperidine rings is 1. The molecule has 1 N–H and O–H groups in total. The summed E-state index contributed by atoms with van der Waals surface area (Å²) in [4.78, 5) is 19.4. The number of halogens is 1. The molecule has 1 unspecified atom stereocenters. The van der Waals surface area contributed by atoms with Gasteiger partial charge in [0.25, 0.3) is 5.91 Å². The monoisotopic (exact) mass is 460 g/mol. The molecule has 0 spiro atoms. The van der Waals surface area contributed by atoms with Gasteiger partial charge in [-0.1, -0.05) is 30.3 Å². The van der Waals surface area contributed by atoms with Crippen LogP contribution in [0.2, 0.25) is 0 Å². The number of likely N-dealkylation sites (tertiary alicyclic amines) is 1. The normalized spacial score (nSPS) is 15.9. The average Bonchev–Trinajstić information content (AvgIpc) is 3.55. The standard InChI is InChI=1S/C26H25FN4O3/c1-33-24-11-5-2-7-17(24)13-19-15-28-25(34-19)18-8-6-12-31(16-18)26(32)23-14-22(29-30-23)20-9-3-4-10-21(20)27/h2-5,7,9-11,14-15,18H,6,8,12-13,16H2,1H3,(H,29,30). The Balaban J connectivity index is 1.27. The number of benzene rings is 2. The van der Waals surface area contributed by atoms with Gasteiger partial charge in [-0.05, 0) is 37.1 Å². The highest BCUT2D eigenvalue weighted by Crippen LogP contribution is 2.29. The van der Waals surface area contributed by atoms with Crippen molar-refractivity contribution in [2.24, 2.45) is 0 Å². The number of hydrogen-bond donors (Lipinski definition) is 1. The lowest BCUT2D eigenvalue weighted by molar-refractivity contribution is 0.0692. The van der Waals surface area contributed by atoms with Gasteiger partial charge in [-0.3, -0.25) is 9.89 Å². The Morgan fingerprint density at radius 3 is 2.91 bits per heavy atom. The number of H-pyrrole nitrogens is 1. The van der Waals surface area contributed by atoms with Crippen LogP contribution in [-0.4, -0.2) is 46.2 Å². The molecule has 0 saturated carbocycles. The zero-order valence-electron chi connectivity index (χ0n) is 18.8. The van der Waals surface area contributed by atoms with Crippen molar-refractivity contribution in [3.05, 3.63) is 89.5 Å². The molecule has 0 radical (unpaired) electrons. The van der Waals surface area contributed by atoms with E-state index in [1.54, 1.807) is 42.5 Å². The van der Waals surface area contributed by atoms with E-state index < -0.39 is 0 Å². The van der Waals surface area contributed by atoms with Gasteiger partial charge >= 0.3 is 0 Å². The number of methoxy groups -OCH3 is 1. The summed E-state index contributed by atoms with van der Waals surface area (Å²) in [6, 6.07) is 15.8. The minimum Gasteiger partial charge on any atom is -0.496 e. The molecule has 0 bridgehead atoms. The zero-order chi connectivity index (χ0) is 23.5. The number of carbonyl (C=O) groups is 1. The highest BCUT2D eigenvalue weighted by molar-refractivity contribution is 5.93. The zero-order valence-corrected chi connectivity index (χ0v) is 18.8. The number of para-hydroxylation sites is 1. The first-order valence-corrected chi connectivity index (χ1v) is 11.3. The van der Waals surface area contributed by atoms with Crippen LogP contribution >= 0.6 is 0 Å². The van der Waals surface area contributed by atoms with Crippen LogP contribution in [0.1, 0.15) is 46.5 Å². The van der Waals surface area contributed by atoms with Crippen LogP contribution in [0.5, 0.6) is 5.75 Å². The molecule has 3 heterocycles. The van der Waals surface area contributed by atoms with E-state index in [2.05, 4.69) is 15.2 Å². The first-order chi connectivity index (χ1) is 16.6. The largest absolute Gasteiger partial charge is 0.496 e. The maximum Gasteiger partial charge on any atom is 0.271 e. The van der Waals surface area contributed by atoms with E-state index >= 15 is 0 Å². The lowest BCUT2D eigenvalue weighted by Gasteiger charge is -2.30. The SMILES string of the molecule is COc1ccccc1Cc1cnc(C2CCCN(C(=O)c3cc(-c4ccccc4F)n[nH]3)C2)o1.